The summed E-state index contributed by atoms with van der Waals surface area (Å²) in [6.45, 7) is 12.0. The van der Waals surface area contributed by atoms with Crippen LogP contribution in [0.25, 0.3) is 22.3 Å². The second-order valence-corrected chi connectivity index (χ2v) is 10.00. The van der Waals surface area contributed by atoms with Crippen LogP contribution in [-0.4, -0.2) is 40.7 Å². The molecule has 0 aliphatic carbocycles. The minimum absolute atomic E-state index is 0.0721. The van der Waals surface area contributed by atoms with Crippen molar-refractivity contribution in [2.75, 3.05) is 40.4 Å². The Morgan fingerprint density at radius 1 is 0.636 bits per heavy atom. The van der Waals surface area contributed by atoms with Gasteiger partial charge < -0.3 is 33.7 Å². The van der Waals surface area contributed by atoms with Crippen LogP contribution in [0.4, 0.5) is 11.4 Å². The zero-order valence-electron chi connectivity index (χ0n) is 26.4. The topological polar surface area (TPSA) is 69.6 Å². The Kier molecular flexibility index (Phi) is 9.91. The number of methoxy groups -OCH3 is 5. The van der Waals surface area contributed by atoms with E-state index in [0.29, 0.717) is 34.3 Å². The van der Waals surface area contributed by atoms with Gasteiger partial charge in [0.15, 0.2) is 0 Å². The summed E-state index contributed by atoms with van der Waals surface area (Å²) in [5.74, 6) is 3.04. The molecule has 0 unspecified atom stereocenters. The summed E-state index contributed by atoms with van der Waals surface area (Å²) < 4.78 is 27.8. The van der Waals surface area contributed by atoms with Crippen molar-refractivity contribution in [3.63, 3.8) is 0 Å². The van der Waals surface area contributed by atoms with Crippen molar-refractivity contribution in [1.82, 2.24) is 0 Å². The predicted octanol–water partition coefficient (Wildman–Crippen LogP) is 8.78. The number of anilines is 2. The van der Waals surface area contributed by atoms with E-state index in [4.69, 9.17) is 23.7 Å². The Morgan fingerprint density at radius 2 is 1.09 bits per heavy atom. The molecule has 4 aromatic rings. The van der Waals surface area contributed by atoms with E-state index in [2.05, 4.69) is 43.2 Å². The molecule has 0 heterocycles. The van der Waals surface area contributed by atoms with Gasteiger partial charge in [0.1, 0.15) is 34.5 Å². The van der Waals surface area contributed by atoms with Crippen LogP contribution in [0.5, 0.6) is 34.5 Å². The molecular weight excluding hydrogens is 554 g/mol. The molecule has 0 aliphatic heterocycles. The number of benzene rings is 4. The van der Waals surface area contributed by atoms with E-state index in [1.54, 1.807) is 59.8 Å². The van der Waals surface area contributed by atoms with Crippen LogP contribution in [0, 0.1) is 13.8 Å². The fraction of sp³-hybridized carbons (Fsp3) is 0.189. The molecule has 0 fully saturated rings. The molecule has 0 spiro atoms. The SMILES string of the molecule is C=C/C=C(\C=C)N(c1ccc(-c2c(O)cc(OC)cc2OC)c(C)c1)c1ccc(-c2c(OC)cc(OC)cc2OC)c(C)c1. The molecule has 44 heavy (non-hydrogen) atoms. The van der Waals surface area contributed by atoms with Crippen LogP contribution in [0.1, 0.15) is 11.1 Å². The summed E-state index contributed by atoms with van der Waals surface area (Å²) in [6, 6.07) is 19.3. The van der Waals surface area contributed by atoms with E-state index in [9.17, 15) is 5.11 Å². The Labute approximate surface area is 259 Å². The van der Waals surface area contributed by atoms with Crippen molar-refractivity contribution in [2.45, 2.75) is 13.8 Å². The molecule has 1 N–H and O–H groups in total. The number of ether oxygens (including phenoxy) is 5. The molecule has 0 saturated heterocycles. The molecule has 228 valence electrons. The second-order valence-electron chi connectivity index (χ2n) is 10.00. The Bertz CT molecular complexity index is 1700. The van der Waals surface area contributed by atoms with E-state index in [1.165, 1.54) is 0 Å². The van der Waals surface area contributed by atoms with Crippen molar-refractivity contribution < 1.29 is 28.8 Å². The van der Waals surface area contributed by atoms with E-state index in [0.717, 1.165) is 44.9 Å². The van der Waals surface area contributed by atoms with Crippen LogP contribution < -0.4 is 28.6 Å². The summed E-state index contributed by atoms with van der Waals surface area (Å²) in [5, 5.41) is 10.9. The average molecular weight is 594 g/mol. The van der Waals surface area contributed by atoms with Crippen molar-refractivity contribution in [2.24, 2.45) is 0 Å². The van der Waals surface area contributed by atoms with Crippen LogP contribution >= 0.6 is 0 Å². The summed E-state index contributed by atoms with van der Waals surface area (Å²) in [4.78, 5) is 2.11. The summed E-state index contributed by atoms with van der Waals surface area (Å²) >= 11 is 0. The third-order valence-electron chi connectivity index (χ3n) is 7.46. The van der Waals surface area contributed by atoms with Gasteiger partial charge in [-0.2, -0.15) is 0 Å². The molecule has 0 radical (unpaired) electrons. The molecule has 7 nitrogen and oxygen atoms in total. The maximum absolute atomic E-state index is 10.9. The first kappa shape index (κ1) is 31.6. The van der Waals surface area contributed by atoms with Gasteiger partial charge in [0.05, 0.1) is 46.7 Å². The molecular formula is C37H39NO6. The van der Waals surface area contributed by atoms with Gasteiger partial charge in [0, 0.05) is 41.3 Å². The van der Waals surface area contributed by atoms with Gasteiger partial charge in [-0.05, 0) is 72.5 Å². The van der Waals surface area contributed by atoms with Gasteiger partial charge in [-0.15, -0.1) is 0 Å². The summed E-state index contributed by atoms with van der Waals surface area (Å²) in [5.41, 5.74) is 7.84. The van der Waals surface area contributed by atoms with Crippen molar-refractivity contribution in [3.05, 3.63) is 109 Å². The zero-order valence-corrected chi connectivity index (χ0v) is 26.4. The predicted molar refractivity (Wildman–Crippen MR) is 178 cm³/mol. The lowest BCUT2D eigenvalue weighted by atomic mass is 9.96. The highest BCUT2D eigenvalue weighted by molar-refractivity contribution is 5.85. The largest absolute Gasteiger partial charge is 0.507 e. The van der Waals surface area contributed by atoms with Crippen molar-refractivity contribution >= 4 is 11.4 Å². The minimum Gasteiger partial charge on any atom is -0.507 e. The van der Waals surface area contributed by atoms with Gasteiger partial charge in [-0.25, -0.2) is 0 Å². The second kappa shape index (κ2) is 13.8. The number of aromatic hydroxyl groups is 1. The first-order valence-corrected chi connectivity index (χ1v) is 14.0. The van der Waals surface area contributed by atoms with E-state index >= 15 is 0 Å². The van der Waals surface area contributed by atoms with Gasteiger partial charge >= 0.3 is 0 Å². The number of phenols is 1. The van der Waals surface area contributed by atoms with Gasteiger partial charge in [-0.1, -0.05) is 31.4 Å². The summed E-state index contributed by atoms with van der Waals surface area (Å²) in [7, 11) is 8.00. The number of phenolic OH excluding ortho intramolecular Hbond substituents is 1. The zero-order chi connectivity index (χ0) is 32.0. The first-order valence-electron chi connectivity index (χ1n) is 14.0. The fourth-order valence-electron chi connectivity index (χ4n) is 5.33. The Balaban J connectivity index is 1.87. The highest BCUT2D eigenvalue weighted by Crippen LogP contribution is 2.46. The van der Waals surface area contributed by atoms with Crippen LogP contribution in [0.2, 0.25) is 0 Å². The number of aryl methyl sites for hydroxylation is 2. The molecule has 0 amide bonds. The molecule has 0 aromatic heterocycles. The van der Waals surface area contributed by atoms with E-state index < -0.39 is 0 Å². The maximum atomic E-state index is 10.9. The minimum atomic E-state index is 0.0721. The standard InChI is InChI=1S/C37H39NO6/c1-10-12-25(11-2)38(26-13-15-30(23(3)17-26)36-32(39)19-28(40-5)20-33(36)42-7)27-14-16-31(24(4)18-27)37-34(43-8)21-29(41-6)22-35(37)44-9/h10-22,39H,1-2H2,3-9H3/b25-12+. The monoisotopic (exact) mass is 593 g/mol. The Hall–Kier alpha value is -5.30. The van der Waals surface area contributed by atoms with Crippen LogP contribution in [0.3, 0.4) is 0 Å². The van der Waals surface area contributed by atoms with Crippen molar-refractivity contribution in [3.8, 4) is 56.8 Å². The van der Waals surface area contributed by atoms with E-state index in [1.807, 2.05) is 43.3 Å². The fourth-order valence-corrected chi connectivity index (χ4v) is 5.33. The quantitative estimate of drug-likeness (QED) is 0.165. The summed E-state index contributed by atoms with van der Waals surface area (Å²) in [6.07, 6.45) is 5.44. The molecule has 4 rings (SSSR count). The van der Waals surface area contributed by atoms with Gasteiger partial charge in [0.25, 0.3) is 0 Å². The number of rotatable bonds is 12. The number of hydrogen-bond donors (Lipinski definition) is 1. The lowest BCUT2D eigenvalue weighted by Crippen LogP contribution is -2.15. The van der Waals surface area contributed by atoms with E-state index in [-0.39, 0.29) is 5.75 Å². The maximum Gasteiger partial charge on any atom is 0.134 e. The third-order valence-corrected chi connectivity index (χ3v) is 7.46. The molecule has 0 bridgehead atoms. The Morgan fingerprint density at radius 3 is 1.50 bits per heavy atom. The number of nitrogens with zero attached hydrogens (tertiary/aromatic N) is 1. The molecule has 0 aliphatic rings. The number of allylic oxidation sites excluding steroid dienone is 3. The normalized spacial score (nSPS) is 11.0. The van der Waals surface area contributed by atoms with Crippen LogP contribution in [-0.2, 0) is 0 Å². The van der Waals surface area contributed by atoms with Gasteiger partial charge in [0.2, 0.25) is 0 Å². The molecule has 0 saturated carbocycles. The molecule has 7 heteroatoms. The highest BCUT2D eigenvalue weighted by atomic mass is 16.5. The molecule has 0 atom stereocenters. The first-order chi connectivity index (χ1) is 21.2. The molecule has 4 aromatic carbocycles. The highest BCUT2D eigenvalue weighted by Gasteiger charge is 2.21. The van der Waals surface area contributed by atoms with Gasteiger partial charge in [-0.3, -0.25) is 0 Å². The number of hydrogen-bond acceptors (Lipinski definition) is 7. The third kappa shape index (κ3) is 6.08. The smallest absolute Gasteiger partial charge is 0.134 e. The van der Waals surface area contributed by atoms with Crippen LogP contribution in [0.15, 0.2) is 97.7 Å². The lowest BCUT2D eigenvalue weighted by Gasteiger charge is -2.28. The lowest BCUT2D eigenvalue weighted by molar-refractivity contribution is 0.377. The average Bonchev–Trinajstić information content (AvgIpc) is 3.04. The van der Waals surface area contributed by atoms with Crippen molar-refractivity contribution in [1.29, 1.82) is 0 Å².